The molecule has 12 aromatic carbocycles. The summed E-state index contributed by atoms with van der Waals surface area (Å²) in [6.07, 6.45) is 0. The first kappa shape index (κ1) is 51.7. The molecule has 0 N–H and O–H groups in total. The van der Waals surface area contributed by atoms with E-state index in [-0.39, 0.29) is 5.41 Å². The lowest BCUT2D eigenvalue weighted by Crippen LogP contribution is -2.26. The topological polar surface area (TPSA) is 87.2 Å². The highest BCUT2D eigenvalue weighted by Gasteiger charge is 2.35. The van der Waals surface area contributed by atoms with Crippen molar-refractivity contribution in [3.63, 3.8) is 0 Å². The van der Waals surface area contributed by atoms with Crippen LogP contribution in [0.2, 0.25) is 0 Å². The highest BCUT2D eigenvalue weighted by Crippen LogP contribution is 2.48. The Morgan fingerprint density at radius 3 is 1.18 bits per heavy atom. The highest BCUT2D eigenvalue weighted by molar-refractivity contribution is 7.25. The maximum Gasteiger partial charge on any atom is 0.164 e. The summed E-state index contributed by atoms with van der Waals surface area (Å²) in [6.45, 7) is 4.68. The molecule has 0 saturated heterocycles. The van der Waals surface area contributed by atoms with Crippen molar-refractivity contribution in [1.29, 1.82) is 0 Å². The molecule has 1 aliphatic heterocycles. The van der Waals surface area contributed by atoms with Crippen molar-refractivity contribution in [2.24, 2.45) is 0 Å². The molecule has 6 heterocycles. The zero-order valence-corrected chi connectivity index (χ0v) is 49.9. The molecule has 18 rings (SSSR count). The van der Waals surface area contributed by atoms with E-state index in [0.717, 1.165) is 83.3 Å². The number of nitrogens with zero attached hydrogens (tertiary/aromatic N) is 8. The number of thiophene rings is 1. The molecule has 8 nitrogen and oxygen atoms in total. The maximum atomic E-state index is 5.34. The molecule has 90 heavy (non-hydrogen) atoms. The van der Waals surface area contributed by atoms with Crippen LogP contribution in [0.3, 0.4) is 0 Å². The Morgan fingerprint density at radius 2 is 0.622 bits per heavy atom. The normalized spacial score (nSPS) is 12.6. The average molecular weight is 1170 g/mol. The monoisotopic (exact) mass is 1170 g/mol. The van der Waals surface area contributed by atoms with E-state index in [1.54, 1.807) is 11.3 Å². The largest absolute Gasteiger partial charge is 0.309 e. The Bertz CT molecular complexity index is 5690. The second-order valence-corrected chi connectivity index (χ2v) is 24.9. The minimum atomic E-state index is -0.158. The molecule has 0 bridgehead atoms. The summed E-state index contributed by atoms with van der Waals surface area (Å²) in [7, 11) is 0. The molecule has 1 aliphatic rings. The summed E-state index contributed by atoms with van der Waals surface area (Å²) in [4.78, 5) is 30.9. The van der Waals surface area contributed by atoms with Crippen LogP contribution in [-0.2, 0) is 5.41 Å². The van der Waals surface area contributed by atoms with Crippen LogP contribution in [0.15, 0.2) is 279 Å². The van der Waals surface area contributed by atoms with E-state index in [1.807, 2.05) is 78.9 Å². The van der Waals surface area contributed by atoms with E-state index >= 15 is 0 Å². The van der Waals surface area contributed by atoms with E-state index in [9.17, 15) is 0 Å². The maximum absolute atomic E-state index is 5.34. The summed E-state index contributed by atoms with van der Waals surface area (Å²) in [5, 5.41) is 7.07. The summed E-state index contributed by atoms with van der Waals surface area (Å²) >= 11 is 1.81. The number of benzene rings is 12. The molecule has 0 radical (unpaired) electrons. The quantitative estimate of drug-likeness (QED) is 0.143. The zero-order chi connectivity index (χ0) is 59.6. The number of hydrogen-bond donors (Lipinski definition) is 0. The Balaban J connectivity index is 0.741. The SMILES string of the molecule is CC1(C)c2ccccc2-n2c3ccc(-c4nc(-c5ccccc5)nc(-c5cccc(-c6ccc7c(c6)c6cc(-c8ccc9sc%10ccc(-c%11nc(-c%12ccccc%12)nc(-c%12ccccc%12)n%11)cc%10c9c8)ccc6n7-c6ccccc6)c5)n4)cc3c3cccc1c32. The minimum Gasteiger partial charge on any atom is -0.309 e. The van der Waals surface area contributed by atoms with Gasteiger partial charge in [0.1, 0.15) is 0 Å². The van der Waals surface area contributed by atoms with Crippen LogP contribution in [0.5, 0.6) is 0 Å². The van der Waals surface area contributed by atoms with E-state index in [0.29, 0.717) is 34.9 Å². The highest BCUT2D eigenvalue weighted by atomic mass is 32.1. The summed E-state index contributed by atoms with van der Waals surface area (Å²) in [5.74, 6) is 3.77. The number of fused-ring (bicyclic) bond motifs is 11. The molecule has 0 atom stereocenters. The third kappa shape index (κ3) is 8.35. The molecule has 422 valence electrons. The molecular weight excluding hydrogens is 1120 g/mol. The molecular formula is C81H52N8S. The van der Waals surface area contributed by atoms with Gasteiger partial charge in [-0.2, -0.15) is 0 Å². The van der Waals surface area contributed by atoms with Gasteiger partial charge in [0.05, 0.1) is 27.8 Å². The second-order valence-electron chi connectivity index (χ2n) is 23.9. The first-order valence-electron chi connectivity index (χ1n) is 30.4. The molecule has 17 aromatic rings. The van der Waals surface area contributed by atoms with Crippen molar-refractivity contribution < 1.29 is 0 Å². The van der Waals surface area contributed by atoms with Crippen LogP contribution in [0.1, 0.15) is 25.0 Å². The van der Waals surface area contributed by atoms with Gasteiger partial charge in [-0.3, -0.25) is 0 Å². The first-order chi connectivity index (χ1) is 44.3. The van der Waals surface area contributed by atoms with Gasteiger partial charge in [0.2, 0.25) is 0 Å². The summed E-state index contributed by atoms with van der Waals surface area (Å²) in [6, 6.07) is 99.4. The zero-order valence-electron chi connectivity index (χ0n) is 49.0. The molecule has 0 spiro atoms. The van der Waals surface area contributed by atoms with Crippen molar-refractivity contribution in [1.82, 2.24) is 39.0 Å². The molecule has 0 unspecified atom stereocenters. The smallest absolute Gasteiger partial charge is 0.164 e. The van der Waals surface area contributed by atoms with Gasteiger partial charge < -0.3 is 9.13 Å². The lowest BCUT2D eigenvalue weighted by atomic mass is 9.75. The average Bonchev–Trinajstić information content (AvgIpc) is 1.48. The molecule has 0 fully saturated rings. The summed E-state index contributed by atoms with van der Waals surface area (Å²) in [5.41, 5.74) is 19.5. The molecule has 9 heteroatoms. The van der Waals surface area contributed by atoms with Crippen molar-refractivity contribution >= 4 is 75.1 Å². The van der Waals surface area contributed by atoms with E-state index in [2.05, 4.69) is 223 Å². The van der Waals surface area contributed by atoms with Crippen LogP contribution in [0.25, 0.3) is 166 Å². The van der Waals surface area contributed by atoms with Crippen LogP contribution < -0.4 is 0 Å². The van der Waals surface area contributed by atoms with Gasteiger partial charge in [-0.1, -0.05) is 196 Å². The van der Waals surface area contributed by atoms with Crippen LogP contribution in [0.4, 0.5) is 0 Å². The van der Waals surface area contributed by atoms with Crippen LogP contribution in [-0.4, -0.2) is 39.0 Å². The Kier molecular flexibility index (Phi) is 11.6. The Labute approximate surface area is 522 Å². The standard InChI is InChI=1S/C81H52N8S/c1-81(2)66-30-15-16-32-71(66)89-70-40-35-57(47-61(70)60-29-18-31-67(81)74(60)89)79-86-77(51-23-11-5-12-24-51)83-78(87-79)56-26-17-25-52(43-56)53-33-38-68-62(44-53)63-45-54(34-39-69(63)88(68)59-27-13-6-14-28-59)55-36-41-72-64(46-55)65-48-58(37-42-73(65)90-72)80-84-75(49-19-7-3-8-20-49)82-76(85-80)50-21-9-4-10-22-50/h3-48H,1-2H3. The van der Waals surface area contributed by atoms with E-state index in [1.165, 1.54) is 58.7 Å². The van der Waals surface area contributed by atoms with E-state index in [4.69, 9.17) is 29.9 Å². The van der Waals surface area contributed by atoms with Gasteiger partial charge in [-0.05, 0) is 130 Å². The number of hydrogen-bond acceptors (Lipinski definition) is 7. The van der Waals surface area contributed by atoms with Crippen LogP contribution in [0, 0.1) is 0 Å². The number of aromatic nitrogens is 8. The molecule has 5 aromatic heterocycles. The predicted molar refractivity (Wildman–Crippen MR) is 370 cm³/mol. The summed E-state index contributed by atoms with van der Waals surface area (Å²) < 4.78 is 7.27. The van der Waals surface area contributed by atoms with Gasteiger partial charge >= 0.3 is 0 Å². The lowest BCUT2D eigenvalue weighted by molar-refractivity contribution is 0.630. The Hall–Kier alpha value is -11.5. The predicted octanol–water partition coefficient (Wildman–Crippen LogP) is 20.6. The van der Waals surface area contributed by atoms with Gasteiger partial charge in [-0.15, -0.1) is 11.3 Å². The van der Waals surface area contributed by atoms with Gasteiger partial charge in [-0.25, -0.2) is 29.9 Å². The van der Waals surface area contributed by atoms with Gasteiger partial charge in [0, 0.05) is 86.2 Å². The fourth-order valence-corrected chi connectivity index (χ4v) is 14.8. The van der Waals surface area contributed by atoms with Crippen molar-refractivity contribution in [2.45, 2.75) is 19.3 Å². The van der Waals surface area contributed by atoms with Crippen molar-refractivity contribution in [3.8, 4) is 102 Å². The minimum absolute atomic E-state index is 0.158. The lowest BCUT2D eigenvalue weighted by Gasteiger charge is -2.34. The van der Waals surface area contributed by atoms with Crippen molar-refractivity contribution in [3.05, 3.63) is 290 Å². The fraction of sp³-hybridized carbons (Fsp3) is 0.0370. The molecule has 0 saturated carbocycles. The van der Waals surface area contributed by atoms with Crippen molar-refractivity contribution in [2.75, 3.05) is 0 Å². The molecule has 0 aliphatic carbocycles. The number of para-hydroxylation sites is 3. The van der Waals surface area contributed by atoms with Gasteiger partial charge in [0.25, 0.3) is 0 Å². The molecule has 0 amide bonds. The third-order valence-electron chi connectivity index (χ3n) is 18.2. The third-order valence-corrected chi connectivity index (χ3v) is 19.4. The number of rotatable bonds is 9. The fourth-order valence-electron chi connectivity index (χ4n) is 13.8. The second kappa shape index (κ2) is 20.3. The Morgan fingerprint density at radius 1 is 0.267 bits per heavy atom. The first-order valence-corrected chi connectivity index (χ1v) is 31.2. The van der Waals surface area contributed by atoms with E-state index < -0.39 is 0 Å². The van der Waals surface area contributed by atoms with Crippen LogP contribution >= 0.6 is 11.3 Å². The van der Waals surface area contributed by atoms with Gasteiger partial charge in [0.15, 0.2) is 34.9 Å².